The normalized spacial score (nSPS) is 14.3. The summed E-state index contributed by atoms with van der Waals surface area (Å²) >= 11 is 0. The number of halogens is 8. The van der Waals surface area contributed by atoms with Gasteiger partial charge >= 0.3 is 0 Å². The molecule has 0 saturated heterocycles. The second-order valence-electron chi connectivity index (χ2n) is 9.97. The van der Waals surface area contributed by atoms with Crippen molar-refractivity contribution in [2.24, 2.45) is 0 Å². The third-order valence-electron chi connectivity index (χ3n) is 7.02. The Bertz CT molecular complexity index is 1690. The maximum absolute atomic E-state index is 14.8. The number of nitrogens with one attached hydrogen (secondary N) is 4. The number of hydrogen-bond donors (Lipinski definition) is 4. The minimum absolute atomic E-state index is 0.552. The van der Waals surface area contributed by atoms with E-state index in [1.165, 1.54) is 0 Å². The van der Waals surface area contributed by atoms with Crippen molar-refractivity contribution < 1.29 is 54.3 Å². The molecule has 0 saturated carbocycles. The number of pyridine rings is 2. The Labute approximate surface area is 263 Å². The molecule has 8 bridgehead atoms. The Morgan fingerprint density at radius 1 is 0.375 bits per heavy atom. The quantitative estimate of drug-likeness (QED) is 0.166. The summed E-state index contributed by atoms with van der Waals surface area (Å²) in [5, 5.41) is 7.92. The van der Waals surface area contributed by atoms with Crippen LogP contribution in [-0.2, 0) is 26.2 Å². The number of benzene rings is 2. The zero-order valence-corrected chi connectivity index (χ0v) is 23.8. The van der Waals surface area contributed by atoms with Gasteiger partial charge in [0.15, 0.2) is 46.5 Å². The van der Waals surface area contributed by atoms with Crippen LogP contribution in [0.1, 0.15) is 64.2 Å². The molecule has 18 heteroatoms. The zero-order valence-electron chi connectivity index (χ0n) is 23.8. The van der Waals surface area contributed by atoms with E-state index in [2.05, 4.69) is 9.97 Å². The molecule has 248 valence electrons. The van der Waals surface area contributed by atoms with Gasteiger partial charge in [0, 0.05) is 48.4 Å². The molecule has 0 unspecified atom stereocenters. The lowest BCUT2D eigenvalue weighted by atomic mass is 10.1. The van der Waals surface area contributed by atoms with E-state index in [-0.39, 0.29) is 0 Å². The number of hydrogen-bond acceptors (Lipinski definition) is 6. The summed E-state index contributed by atoms with van der Waals surface area (Å²) in [4.78, 5) is 57.9. The fourth-order valence-electron chi connectivity index (χ4n) is 4.48. The van der Waals surface area contributed by atoms with Gasteiger partial charge in [0.05, 0.1) is 0 Å². The van der Waals surface area contributed by atoms with Gasteiger partial charge in [-0.15, -0.1) is 0 Å². The first kappa shape index (κ1) is 33.4. The van der Waals surface area contributed by atoms with Gasteiger partial charge in [-0.1, -0.05) is 12.1 Å². The number of aromatic nitrogens is 2. The van der Waals surface area contributed by atoms with Crippen LogP contribution in [-0.4, -0.2) is 33.6 Å². The lowest BCUT2D eigenvalue weighted by molar-refractivity contribution is 0.0923. The first-order valence-corrected chi connectivity index (χ1v) is 13.5. The molecule has 48 heavy (non-hydrogen) atoms. The third-order valence-corrected chi connectivity index (χ3v) is 7.02. The lowest BCUT2D eigenvalue weighted by Gasteiger charge is -2.14. The summed E-state index contributed by atoms with van der Waals surface area (Å²) in [7, 11) is 0. The van der Waals surface area contributed by atoms with E-state index in [9.17, 15) is 54.3 Å². The van der Waals surface area contributed by atoms with Gasteiger partial charge in [0.25, 0.3) is 23.6 Å². The molecule has 0 fully saturated rings. The molecule has 4 N–H and O–H groups in total. The number of rotatable bonds is 0. The Morgan fingerprint density at radius 2 is 0.562 bits per heavy atom. The average molecular weight is 678 g/mol. The van der Waals surface area contributed by atoms with E-state index < -0.39 is 141 Å². The summed E-state index contributed by atoms with van der Waals surface area (Å²) in [6.45, 7) is -4.45. The van der Waals surface area contributed by atoms with Crippen molar-refractivity contribution >= 4 is 23.6 Å². The zero-order chi connectivity index (χ0) is 34.9. The highest BCUT2D eigenvalue weighted by atomic mass is 19.2. The number of nitrogens with zero attached hydrogens (tertiary/aromatic N) is 2. The van der Waals surface area contributed by atoms with E-state index in [4.69, 9.17) is 0 Å². The largest absolute Gasteiger partial charge is 0.346 e. The van der Waals surface area contributed by atoms with Crippen LogP contribution in [0, 0.1) is 46.5 Å². The smallest absolute Gasteiger partial charge is 0.270 e. The molecule has 10 nitrogen and oxygen atoms in total. The topological polar surface area (TPSA) is 142 Å². The van der Waals surface area contributed by atoms with Gasteiger partial charge in [-0.25, -0.2) is 45.1 Å². The Kier molecular flexibility index (Phi) is 9.35. The van der Waals surface area contributed by atoms with Crippen LogP contribution in [0.4, 0.5) is 35.1 Å². The molecular weight excluding hydrogens is 660 g/mol. The van der Waals surface area contributed by atoms with E-state index in [1.807, 2.05) is 21.3 Å². The molecule has 0 aliphatic carbocycles. The average Bonchev–Trinajstić information content (AvgIpc) is 3.09. The highest BCUT2D eigenvalue weighted by Gasteiger charge is 2.28. The van der Waals surface area contributed by atoms with Crippen LogP contribution < -0.4 is 21.3 Å². The molecule has 4 aliphatic heterocycles. The summed E-state index contributed by atoms with van der Waals surface area (Å²) in [5.74, 6) is -19.8. The summed E-state index contributed by atoms with van der Waals surface area (Å²) in [6.07, 6.45) is 0. The van der Waals surface area contributed by atoms with Gasteiger partial charge in [0.2, 0.25) is 0 Å². The van der Waals surface area contributed by atoms with Crippen LogP contribution in [0.15, 0.2) is 36.4 Å². The second kappa shape index (κ2) is 13.4. The predicted molar refractivity (Wildman–Crippen MR) is 146 cm³/mol. The number of carbonyl (C=O) groups is 4. The molecule has 4 aromatic rings. The molecule has 8 rings (SSSR count). The van der Waals surface area contributed by atoms with Crippen molar-refractivity contribution in [1.29, 1.82) is 0 Å². The molecule has 6 heterocycles. The van der Waals surface area contributed by atoms with Crippen molar-refractivity contribution in [3.8, 4) is 0 Å². The van der Waals surface area contributed by atoms with Crippen LogP contribution in [0.5, 0.6) is 0 Å². The van der Waals surface area contributed by atoms with Crippen molar-refractivity contribution in [2.45, 2.75) is 26.2 Å². The monoisotopic (exact) mass is 678 g/mol. The maximum atomic E-state index is 14.8. The fourth-order valence-corrected chi connectivity index (χ4v) is 4.48. The van der Waals surface area contributed by atoms with Gasteiger partial charge in [-0.3, -0.25) is 19.2 Å². The second-order valence-corrected chi connectivity index (χ2v) is 9.97. The lowest BCUT2D eigenvalue weighted by Crippen LogP contribution is -2.30. The fraction of sp³-hybridized carbons (Fsp3) is 0.133. The minimum atomic E-state index is -1.89. The standard InChI is InChI=1S/C30H18F8N6O4/c31-19-11-7-39-27(45)15-3-1-4-16(43-15)28(46)40-8-12-21(33)25(37)14(26(38)22(12)34)10-42-30(48)18-6-2-5-17(44-18)29(47)41-9-13(23(19)35)24(36)20(11)32/h1-6H,7-10H2,(H,39,45)(H,40,46)(H,41,47)(H,42,48). The Hall–Kier alpha value is -5.94. The minimum Gasteiger partial charge on any atom is -0.346 e. The molecule has 2 aromatic heterocycles. The van der Waals surface area contributed by atoms with Gasteiger partial charge in [-0.05, 0) is 24.3 Å². The molecule has 0 atom stereocenters. The van der Waals surface area contributed by atoms with Crippen molar-refractivity contribution in [2.75, 3.05) is 0 Å². The summed E-state index contributed by atoms with van der Waals surface area (Å²) < 4.78 is 119. The Balaban J connectivity index is 1.53. The van der Waals surface area contributed by atoms with Crippen molar-refractivity contribution in [1.82, 2.24) is 31.2 Å². The van der Waals surface area contributed by atoms with Gasteiger partial charge in [0.1, 0.15) is 22.8 Å². The highest BCUT2D eigenvalue weighted by Crippen LogP contribution is 2.26. The van der Waals surface area contributed by atoms with Crippen molar-refractivity contribution in [3.05, 3.63) is 128 Å². The van der Waals surface area contributed by atoms with Crippen molar-refractivity contribution in [3.63, 3.8) is 0 Å². The molecule has 2 aromatic carbocycles. The maximum Gasteiger partial charge on any atom is 0.270 e. The number of amides is 4. The summed E-state index contributed by atoms with van der Waals surface area (Å²) in [6, 6.07) is 6.37. The van der Waals surface area contributed by atoms with Crippen LogP contribution in [0.2, 0.25) is 0 Å². The van der Waals surface area contributed by atoms with Crippen LogP contribution in [0.3, 0.4) is 0 Å². The predicted octanol–water partition coefficient (Wildman–Crippen LogP) is 3.62. The van der Waals surface area contributed by atoms with Crippen LogP contribution >= 0.6 is 0 Å². The van der Waals surface area contributed by atoms with Gasteiger partial charge < -0.3 is 21.3 Å². The van der Waals surface area contributed by atoms with Gasteiger partial charge in [-0.2, -0.15) is 0 Å². The molecular formula is C30H18F8N6O4. The molecule has 0 radical (unpaired) electrons. The molecule has 4 amide bonds. The molecule has 0 spiro atoms. The Morgan fingerprint density at radius 3 is 0.750 bits per heavy atom. The first-order chi connectivity index (χ1) is 22.8. The van der Waals surface area contributed by atoms with Crippen LogP contribution in [0.25, 0.3) is 0 Å². The van der Waals surface area contributed by atoms with E-state index in [0.717, 1.165) is 36.4 Å². The number of carbonyl (C=O) groups excluding carboxylic acids is 4. The SMILES string of the molecule is O=C1NCc2c(F)c(F)c(c(F)c2F)CNC(=O)c2cccc(n2)C(=O)NCc2c(F)c(F)c(c(F)c2F)CNC(=O)c2cccc1n2. The summed E-state index contributed by atoms with van der Waals surface area (Å²) in [5.41, 5.74) is -7.16. The first-order valence-electron chi connectivity index (χ1n) is 13.5. The highest BCUT2D eigenvalue weighted by molar-refractivity contribution is 5.97. The molecule has 4 aliphatic rings. The van der Waals surface area contributed by atoms with E-state index >= 15 is 0 Å². The third kappa shape index (κ3) is 6.36. The van der Waals surface area contributed by atoms with E-state index in [1.54, 1.807) is 0 Å². The van der Waals surface area contributed by atoms with E-state index in [0.29, 0.717) is 0 Å².